The lowest BCUT2D eigenvalue weighted by molar-refractivity contribution is -0.887. The molecule has 0 saturated heterocycles. The summed E-state index contributed by atoms with van der Waals surface area (Å²) in [6, 6.07) is -0.611. The van der Waals surface area contributed by atoms with Gasteiger partial charge in [0.2, 0.25) is 0 Å². The summed E-state index contributed by atoms with van der Waals surface area (Å²) >= 11 is 0. The highest BCUT2D eigenvalue weighted by Gasteiger charge is 2.31. The molecule has 310 valence electrons. The van der Waals surface area contributed by atoms with Gasteiger partial charge in [-0.15, -0.1) is 0 Å². The largest absolute Gasteiger partial charge is 0.477 e. The summed E-state index contributed by atoms with van der Waals surface area (Å²) in [5.74, 6) is -1.47. The summed E-state index contributed by atoms with van der Waals surface area (Å²) in [6.45, 7) is 4.70. The van der Waals surface area contributed by atoms with Crippen LogP contribution in [0.5, 0.6) is 0 Å². The zero-order valence-electron chi connectivity index (χ0n) is 35.2. The summed E-state index contributed by atoms with van der Waals surface area (Å²) in [6.07, 6.45) is 39.4. The Morgan fingerprint density at radius 3 is 1.45 bits per heavy atom. The fourth-order valence-corrected chi connectivity index (χ4v) is 6.42. The molecule has 0 bridgehead atoms. The number of carbonyl (C=O) groups excluding carboxylic acids is 2. The van der Waals surface area contributed by atoms with Crippen LogP contribution in [0, 0.1) is 0 Å². The molecule has 0 aromatic heterocycles. The molecule has 0 heterocycles. The molecule has 8 nitrogen and oxygen atoms in total. The average molecular weight is 751 g/mol. The van der Waals surface area contributed by atoms with E-state index in [9.17, 15) is 19.5 Å². The monoisotopic (exact) mass is 751 g/mol. The van der Waals surface area contributed by atoms with Crippen LogP contribution in [0.2, 0.25) is 0 Å². The molecule has 0 aromatic carbocycles. The van der Waals surface area contributed by atoms with Crippen molar-refractivity contribution in [2.75, 3.05) is 41.0 Å². The van der Waals surface area contributed by atoms with Gasteiger partial charge in [-0.2, -0.15) is 0 Å². The van der Waals surface area contributed by atoms with Crippen LogP contribution in [-0.2, 0) is 28.6 Å². The number of unbranched alkanes of at least 4 members (excludes halogenated alkanes) is 21. The molecule has 2 atom stereocenters. The van der Waals surface area contributed by atoms with E-state index in [0.717, 1.165) is 44.9 Å². The van der Waals surface area contributed by atoms with E-state index in [1.807, 2.05) is 21.1 Å². The third-order valence-corrected chi connectivity index (χ3v) is 9.85. The van der Waals surface area contributed by atoms with Crippen LogP contribution >= 0.6 is 0 Å². The van der Waals surface area contributed by atoms with Crippen LogP contribution in [-0.4, -0.2) is 80.6 Å². The Bertz CT molecular complexity index is 926. The first-order chi connectivity index (χ1) is 25.6. The van der Waals surface area contributed by atoms with Gasteiger partial charge in [0, 0.05) is 19.3 Å². The van der Waals surface area contributed by atoms with E-state index >= 15 is 0 Å². The molecule has 0 aliphatic rings. The van der Waals surface area contributed by atoms with Gasteiger partial charge in [0.1, 0.15) is 6.61 Å². The summed E-state index contributed by atoms with van der Waals surface area (Å²) in [5, 5.41) is 9.59. The quantitative estimate of drug-likeness (QED) is 0.0289. The third kappa shape index (κ3) is 35.3. The van der Waals surface area contributed by atoms with Crippen molar-refractivity contribution in [3.63, 3.8) is 0 Å². The highest BCUT2D eigenvalue weighted by atomic mass is 16.6. The summed E-state index contributed by atoms with van der Waals surface area (Å²) in [5.41, 5.74) is 0. The smallest absolute Gasteiger partial charge is 0.362 e. The lowest BCUT2D eigenvalue weighted by Gasteiger charge is -2.31. The van der Waals surface area contributed by atoms with E-state index in [2.05, 4.69) is 38.2 Å². The molecular weight excluding hydrogens is 666 g/mol. The van der Waals surface area contributed by atoms with Crippen LogP contribution in [0.25, 0.3) is 0 Å². The Labute approximate surface area is 326 Å². The first-order valence-corrected chi connectivity index (χ1v) is 21.9. The van der Waals surface area contributed by atoms with Crippen molar-refractivity contribution in [2.45, 2.75) is 206 Å². The first-order valence-electron chi connectivity index (χ1n) is 21.9. The predicted molar refractivity (Wildman–Crippen MR) is 220 cm³/mol. The van der Waals surface area contributed by atoms with Gasteiger partial charge in [0.15, 0.2) is 12.1 Å². The average Bonchev–Trinajstić information content (AvgIpc) is 3.11. The van der Waals surface area contributed by atoms with Gasteiger partial charge in [-0.1, -0.05) is 154 Å². The molecule has 0 radical (unpaired) electrons. The molecule has 0 saturated carbocycles. The van der Waals surface area contributed by atoms with E-state index < -0.39 is 18.1 Å². The number of nitrogens with zero attached hydrogens (tertiary/aromatic N) is 1. The van der Waals surface area contributed by atoms with E-state index in [4.69, 9.17) is 14.2 Å². The number of ether oxygens (including phenoxy) is 3. The maximum absolute atomic E-state index is 12.7. The molecule has 0 spiro atoms. The molecule has 0 aliphatic heterocycles. The molecule has 8 heteroatoms. The van der Waals surface area contributed by atoms with Gasteiger partial charge < -0.3 is 23.8 Å². The molecule has 0 aliphatic carbocycles. The number of hydrogen-bond donors (Lipinski definition) is 1. The molecule has 0 fully saturated rings. The minimum absolute atomic E-state index is 0.0494. The third-order valence-electron chi connectivity index (χ3n) is 9.85. The van der Waals surface area contributed by atoms with Gasteiger partial charge in [-0.05, 0) is 44.9 Å². The Balaban J connectivity index is 4.23. The maximum Gasteiger partial charge on any atom is 0.362 e. The summed E-state index contributed by atoms with van der Waals surface area (Å²) < 4.78 is 17.2. The molecule has 0 rings (SSSR count). The Kier molecular flexibility index (Phi) is 35.2. The van der Waals surface area contributed by atoms with Crippen molar-refractivity contribution in [1.29, 1.82) is 0 Å². The molecule has 53 heavy (non-hydrogen) atoms. The lowest BCUT2D eigenvalue weighted by atomic mass is 10.1. The van der Waals surface area contributed by atoms with Crippen molar-refractivity contribution < 1.29 is 38.2 Å². The Morgan fingerprint density at radius 2 is 1.00 bits per heavy atom. The zero-order chi connectivity index (χ0) is 39.3. The second-order valence-electron chi connectivity index (χ2n) is 16.0. The number of carboxylic acids is 1. The number of carbonyl (C=O) groups is 3. The molecule has 0 amide bonds. The van der Waals surface area contributed by atoms with Crippen LogP contribution in [0.1, 0.15) is 194 Å². The summed E-state index contributed by atoms with van der Waals surface area (Å²) in [4.78, 5) is 36.8. The first kappa shape index (κ1) is 50.8. The number of quaternary nitrogens is 1. The number of carboxylic acid groups (broad SMARTS) is 1. The van der Waals surface area contributed by atoms with Gasteiger partial charge in [0.05, 0.1) is 34.4 Å². The van der Waals surface area contributed by atoms with E-state index in [1.165, 1.54) is 116 Å². The van der Waals surface area contributed by atoms with Crippen LogP contribution in [0.3, 0.4) is 0 Å². The highest BCUT2D eigenvalue weighted by molar-refractivity contribution is 5.72. The Morgan fingerprint density at radius 1 is 0.566 bits per heavy atom. The second-order valence-corrected chi connectivity index (χ2v) is 16.0. The molecule has 2 unspecified atom stereocenters. The molecular formula is C45H84NO7+. The van der Waals surface area contributed by atoms with Gasteiger partial charge in [-0.3, -0.25) is 9.59 Å². The topological polar surface area (TPSA) is 99.1 Å². The normalized spacial score (nSPS) is 13.2. The maximum atomic E-state index is 12.7. The fourth-order valence-electron chi connectivity index (χ4n) is 6.42. The van der Waals surface area contributed by atoms with Crippen molar-refractivity contribution in [3.05, 3.63) is 24.3 Å². The number of likely N-dealkylation sites (N-methyl/N-ethyl adjacent to an activating group) is 1. The second kappa shape index (κ2) is 36.8. The minimum atomic E-state index is -0.875. The predicted octanol–water partition coefficient (Wildman–Crippen LogP) is 11.7. The van der Waals surface area contributed by atoms with E-state index in [1.54, 1.807) is 0 Å². The van der Waals surface area contributed by atoms with Gasteiger partial charge >= 0.3 is 17.9 Å². The molecule has 0 aromatic rings. The van der Waals surface area contributed by atoms with E-state index in [0.29, 0.717) is 19.3 Å². The highest BCUT2D eigenvalue weighted by Crippen LogP contribution is 2.14. The van der Waals surface area contributed by atoms with Crippen molar-refractivity contribution >= 4 is 17.9 Å². The molecule has 1 N–H and O–H groups in total. The van der Waals surface area contributed by atoms with E-state index in [-0.39, 0.29) is 36.2 Å². The summed E-state index contributed by atoms with van der Waals surface area (Å²) in [7, 11) is 5.52. The fraction of sp³-hybridized carbons (Fsp3) is 0.844. The number of esters is 2. The van der Waals surface area contributed by atoms with Crippen LogP contribution in [0.15, 0.2) is 24.3 Å². The Hall–Kier alpha value is -2.19. The zero-order valence-corrected chi connectivity index (χ0v) is 35.2. The number of hydrogen-bond acceptors (Lipinski definition) is 6. The number of aliphatic carboxylic acids is 1. The standard InChI is InChI=1S/C45H83NO7/c1-6-8-10-12-14-16-17-18-19-20-21-22-23-24-25-26-27-28-30-32-34-36-44(48)53-41(39-51-38-37-42(45(49)50)46(3,4)5)40-52-43(47)35-33-31-29-15-13-11-9-7-2/h17-18,20-21,41-42H,6-16,19,22-40H2,1-5H3/p+1/b18-17-,21-20-. The van der Waals surface area contributed by atoms with Gasteiger partial charge in [-0.25, -0.2) is 4.79 Å². The van der Waals surface area contributed by atoms with Gasteiger partial charge in [0.25, 0.3) is 0 Å². The van der Waals surface area contributed by atoms with Crippen LogP contribution in [0.4, 0.5) is 0 Å². The van der Waals surface area contributed by atoms with Crippen molar-refractivity contribution in [2.24, 2.45) is 0 Å². The number of rotatable bonds is 39. The number of allylic oxidation sites excluding steroid dienone is 4. The SMILES string of the molecule is CCCCCCC/C=C\C/C=C\CCCCCCCCCCCC(=O)OC(COCCC(C(=O)O)[N+](C)(C)C)COC(=O)CCCCCCCCCC. The van der Waals surface area contributed by atoms with Crippen molar-refractivity contribution in [1.82, 2.24) is 0 Å². The lowest BCUT2D eigenvalue weighted by Crippen LogP contribution is -2.50. The minimum Gasteiger partial charge on any atom is -0.477 e. The van der Waals surface area contributed by atoms with Crippen LogP contribution < -0.4 is 0 Å². The van der Waals surface area contributed by atoms with Crippen molar-refractivity contribution in [3.8, 4) is 0 Å².